The summed E-state index contributed by atoms with van der Waals surface area (Å²) in [6.45, 7) is 13.7. The first-order valence-electron chi connectivity index (χ1n) is 12.9. The highest BCUT2D eigenvalue weighted by Crippen LogP contribution is 2.22. The smallest absolute Gasteiger partial charge is 0.410 e. The minimum atomic E-state index is -3.86. The summed E-state index contributed by atoms with van der Waals surface area (Å²) in [6.07, 6.45) is 1.23. The lowest BCUT2D eigenvalue weighted by atomic mass is 9.97. The molecule has 2 rings (SSSR count). The third-order valence-electron chi connectivity index (χ3n) is 5.50. The van der Waals surface area contributed by atoms with Crippen LogP contribution >= 0.6 is 0 Å². The molecule has 0 bridgehead atoms. The van der Waals surface area contributed by atoms with Crippen LogP contribution in [0.25, 0.3) is 0 Å². The SMILES string of the molecule is C[C@H]([C@@H](C/C=N\S(=O)(=O)NC(C)(C)C)COCc1ccccc1)N(Cc1ccccc1)C(=O)OC(C)(C)C. The highest BCUT2D eigenvalue weighted by atomic mass is 32.2. The summed E-state index contributed by atoms with van der Waals surface area (Å²) in [5.41, 5.74) is 0.668. The van der Waals surface area contributed by atoms with Gasteiger partial charge in [-0.05, 0) is 66.0 Å². The fraction of sp³-hybridized carbons (Fsp3) is 0.517. The Hall–Kier alpha value is -2.75. The van der Waals surface area contributed by atoms with Crippen molar-refractivity contribution in [2.45, 2.75) is 85.2 Å². The molecule has 0 aliphatic heterocycles. The van der Waals surface area contributed by atoms with Crippen molar-refractivity contribution in [1.82, 2.24) is 9.62 Å². The molecular formula is C29H43N3O5S. The number of ether oxygens (including phenoxy) is 2. The molecule has 2 aromatic carbocycles. The molecule has 9 heteroatoms. The van der Waals surface area contributed by atoms with E-state index in [0.29, 0.717) is 19.8 Å². The molecule has 38 heavy (non-hydrogen) atoms. The topological polar surface area (TPSA) is 97.3 Å². The number of nitrogens with one attached hydrogen (secondary N) is 1. The van der Waals surface area contributed by atoms with Crippen LogP contribution in [0.3, 0.4) is 0 Å². The number of benzene rings is 2. The lowest BCUT2D eigenvalue weighted by Gasteiger charge is -2.35. The molecule has 0 fully saturated rings. The Morgan fingerprint density at radius 1 is 0.974 bits per heavy atom. The zero-order chi connectivity index (χ0) is 28.4. The Morgan fingerprint density at radius 2 is 1.53 bits per heavy atom. The fourth-order valence-electron chi connectivity index (χ4n) is 3.73. The molecule has 0 aromatic heterocycles. The van der Waals surface area contributed by atoms with Gasteiger partial charge in [-0.3, -0.25) is 0 Å². The van der Waals surface area contributed by atoms with Crippen LogP contribution in [0.4, 0.5) is 4.79 Å². The van der Waals surface area contributed by atoms with Crippen molar-refractivity contribution >= 4 is 22.5 Å². The molecule has 2 atom stereocenters. The van der Waals surface area contributed by atoms with Gasteiger partial charge in [-0.15, -0.1) is 0 Å². The molecule has 1 amide bonds. The van der Waals surface area contributed by atoms with E-state index in [9.17, 15) is 13.2 Å². The van der Waals surface area contributed by atoms with Gasteiger partial charge >= 0.3 is 16.3 Å². The monoisotopic (exact) mass is 545 g/mol. The molecule has 0 saturated carbocycles. The Labute approximate surface area is 228 Å². The number of hydrogen-bond donors (Lipinski definition) is 1. The van der Waals surface area contributed by atoms with E-state index in [1.165, 1.54) is 6.21 Å². The minimum Gasteiger partial charge on any atom is -0.444 e. The summed E-state index contributed by atoms with van der Waals surface area (Å²) in [5, 5.41) is 0. The second-order valence-electron chi connectivity index (χ2n) is 11.4. The zero-order valence-corrected chi connectivity index (χ0v) is 24.5. The Bertz CT molecular complexity index is 1120. The highest BCUT2D eigenvalue weighted by Gasteiger charge is 2.31. The van der Waals surface area contributed by atoms with Crippen molar-refractivity contribution in [2.75, 3.05) is 6.61 Å². The quantitative estimate of drug-likeness (QED) is 0.343. The van der Waals surface area contributed by atoms with Crippen LogP contribution in [0.1, 0.15) is 66.0 Å². The molecule has 210 valence electrons. The standard InChI is InChI=1S/C29H43N3O5S/c1-23(32(27(33)37-29(5,6)7)20-24-14-10-8-11-15-24)26(22-36-21-25-16-12-9-13-17-25)18-19-30-38(34,35)31-28(2,3)4/h8-17,19,23,26,31H,18,20-22H2,1-7H3/b30-19-/t23-,26+/m1/s1. The highest BCUT2D eigenvalue weighted by molar-refractivity contribution is 7.88. The molecule has 8 nitrogen and oxygen atoms in total. The second kappa shape index (κ2) is 13.9. The predicted molar refractivity (Wildman–Crippen MR) is 152 cm³/mol. The van der Waals surface area contributed by atoms with Crippen molar-refractivity contribution < 1.29 is 22.7 Å². The maximum Gasteiger partial charge on any atom is 0.410 e. The summed E-state index contributed by atoms with van der Waals surface area (Å²) < 4.78 is 42.9. The normalized spacial score (nSPS) is 14.3. The maximum atomic E-state index is 13.3. The lowest BCUT2D eigenvalue weighted by molar-refractivity contribution is -0.000917. The molecule has 2 aromatic rings. The van der Waals surface area contributed by atoms with Gasteiger partial charge in [0.25, 0.3) is 0 Å². The van der Waals surface area contributed by atoms with E-state index in [2.05, 4.69) is 9.12 Å². The molecule has 0 radical (unpaired) electrons. The van der Waals surface area contributed by atoms with Gasteiger partial charge in [0, 0.05) is 30.3 Å². The third-order valence-corrected chi connectivity index (χ3v) is 6.79. The summed E-state index contributed by atoms with van der Waals surface area (Å²) in [4.78, 5) is 15.0. The second-order valence-corrected chi connectivity index (χ2v) is 12.8. The van der Waals surface area contributed by atoms with E-state index in [1.54, 1.807) is 25.7 Å². The van der Waals surface area contributed by atoms with Crippen LogP contribution in [0.2, 0.25) is 0 Å². The van der Waals surface area contributed by atoms with Crippen molar-refractivity contribution in [1.29, 1.82) is 0 Å². The van der Waals surface area contributed by atoms with Gasteiger partial charge < -0.3 is 14.4 Å². The Balaban J connectivity index is 2.28. The minimum absolute atomic E-state index is 0.247. The van der Waals surface area contributed by atoms with Crippen molar-refractivity contribution in [3.05, 3.63) is 71.8 Å². The number of carbonyl (C=O) groups excluding carboxylic acids is 1. The van der Waals surface area contributed by atoms with Gasteiger partial charge in [-0.2, -0.15) is 17.5 Å². The summed E-state index contributed by atoms with van der Waals surface area (Å²) in [7, 11) is -3.86. The number of rotatable bonds is 12. The van der Waals surface area contributed by atoms with Crippen molar-refractivity contribution in [2.24, 2.45) is 10.3 Å². The van der Waals surface area contributed by atoms with Gasteiger partial charge in [0.15, 0.2) is 0 Å². The fourth-order valence-corrected chi connectivity index (χ4v) is 4.84. The zero-order valence-electron chi connectivity index (χ0n) is 23.7. The van der Waals surface area contributed by atoms with Crippen LogP contribution in [-0.4, -0.2) is 49.4 Å². The molecule has 0 aliphatic rings. The largest absolute Gasteiger partial charge is 0.444 e. The van der Waals surface area contributed by atoms with E-state index in [4.69, 9.17) is 9.47 Å². The first kappa shape index (κ1) is 31.5. The van der Waals surface area contributed by atoms with E-state index < -0.39 is 27.4 Å². The molecule has 0 aliphatic carbocycles. The number of hydrogen-bond acceptors (Lipinski definition) is 5. The number of amides is 1. The summed E-state index contributed by atoms with van der Waals surface area (Å²) in [6, 6.07) is 19.1. The summed E-state index contributed by atoms with van der Waals surface area (Å²) >= 11 is 0. The molecule has 1 N–H and O–H groups in total. The molecule has 0 spiro atoms. The maximum absolute atomic E-state index is 13.3. The lowest BCUT2D eigenvalue weighted by Crippen LogP contribution is -2.46. The molecular weight excluding hydrogens is 502 g/mol. The van der Waals surface area contributed by atoms with Gasteiger partial charge in [0.05, 0.1) is 13.2 Å². The average molecular weight is 546 g/mol. The third kappa shape index (κ3) is 12.2. The van der Waals surface area contributed by atoms with Crippen LogP contribution in [0, 0.1) is 5.92 Å². The van der Waals surface area contributed by atoms with E-state index in [1.807, 2.05) is 88.4 Å². The number of carbonyl (C=O) groups is 1. The van der Waals surface area contributed by atoms with Crippen LogP contribution in [-0.2, 0) is 32.8 Å². The average Bonchev–Trinajstić information content (AvgIpc) is 2.79. The molecule has 0 unspecified atom stereocenters. The Kier molecular flexibility index (Phi) is 11.5. The van der Waals surface area contributed by atoms with E-state index in [-0.39, 0.29) is 18.4 Å². The van der Waals surface area contributed by atoms with Crippen molar-refractivity contribution in [3.8, 4) is 0 Å². The number of nitrogens with zero attached hydrogens (tertiary/aromatic N) is 2. The van der Waals surface area contributed by atoms with Gasteiger partial charge in [-0.25, -0.2) is 4.79 Å². The van der Waals surface area contributed by atoms with Crippen LogP contribution in [0.15, 0.2) is 65.1 Å². The van der Waals surface area contributed by atoms with E-state index >= 15 is 0 Å². The van der Waals surface area contributed by atoms with Gasteiger partial charge in [-0.1, -0.05) is 60.7 Å². The van der Waals surface area contributed by atoms with E-state index in [0.717, 1.165) is 11.1 Å². The van der Waals surface area contributed by atoms with Crippen LogP contribution < -0.4 is 4.72 Å². The Morgan fingerprint density at radius 3 is 2.05 bits per heavy atom. The first-order valence-corrected chi connectivity index (χ1v) is 14.3. The molecule has 0 saturated heterocycles. The van der Waals surface area contributed by atoms with Crippen LogP contribution in [0.5, 0.6) is 0 Å². The van der Waals surface area contributed by atoms with Gasteiger partial charge in [0.2, 0.25) is 0 Å². The summed E-state index contributed by atoms with van der Waals surface area (Å²) in [5.74, 6) is -0.247. The van der Waals surface area contributed by atoms with Gasteiger partial charge in [0.1, 0.15) is 5.60 Å². The molecule has 0 heterocycles. The first-order chi connectivity index (χ1) is 17.7. The predicted octanol–water partition coefficient (Wildman–Crippen LogP) is 5.74. The van der Waals surface area contributed by atoms with Crippen molar-refractivity contribution in [3.63, 3.8) is 0 Å².